The molecule has 4 aromatic rings. The van der Waals surface area contributed by atoms with E-state index in [1.165, 1.54) is 6.33 Å². The van der Waals surface area contributed by atoms with E-state index in [-0.39, 0.29) is 12.4 Å². The van der Waals surface area contributed by atoms with Crippen molar-refractivity contribution < 1.29 is 27.1 Å². The lowest BCUT2D eigenvalue weighted by molar-refractivity contribution is -0.137. The molecule has 0 saturated carbocycles. The first-order valence-electron chi connectivity index (χ1n) is 9.93. The molecule has 2 heterocycles. The Hall–Kier alpha value is -3.71. The number of alkyl halides is 3. The van der Waals surface area contributed by atoms with E-state index < -0.39 is 29.3 Å². The molecule has 13 heteroatoms. The Morgan fingerprint density at radius 3 is 2.54 bits per heavy atom. The number of urea groups is 1. The number of nitrogens with one attached hydrogen (secondary N) is 2. The van der Waals surface area contributed by atoms with Gasteiger partial charge in [-0.3, -0.25) is 0 Å². The van der Waals surface area contributed by atoms with E-state index in [2.05, 4.69) is 36.6 Å². The number of anilines is 3. The largest absolute Gasteiger partial charge is 0.416 e. The van der Waals surface area contributed by atoms with Crippen LogP contribution in [0.3, 0.4) is 0 Å². The average molecular weight is 553 g/mol. The summed E-state index contributed by atoms with van der Waals surface area (Å²) in [4.78, 5) is 16.3. The molecule has 0 radical (unpaired) electrons. The molecule has 0 spiro atoms. The number of ether oxygens (including phenoxy) is 1. The van der Waals surface area contributed by atoms with Crippen LogP contribution >= 0.6 is 15.9 Å². The van der Waals surface area contributed by atoms with Gasteiger partial charge in [-0.2, -0.15) is 18.3 Å². The maximum Gasteiger partial charge on any atom is 0.416 e. The molecule has 4 rings (SSSR count). The fraction of sp³-hybridized carbons (Fsp3) is 0.136. The van der Waals surface area contributed by atoms with Gasteiger partial charge in [0.25, 0.3) is 0 Å². The molecule has 4 N–H and O–H groups in total. The number of amides is 2. The van der Waals surface area contributed by atoms with E-state index in [1.54, 1.807) is 35.9 Å². The van der Waals surface area contributed by atoms with Crippen LogP contribution in [-0.4, -0.2) is 27.7 Å². The molecule has 8 nitrogen and oxygen atoms in total. The van der Waals surface area contributed by atoms with Crippen molar-refractivity contribution >= 4 is 44.7 Å². The Morgan fingerprint density at radius 1 is 1.17 bits per heavy atom. The highest BCUT2D eigenvalue weighted by Gasteiger charge is 2.31. The summed E-state index contributed by atoms with van der Waals surface area (Å²) in [6, 6.07) is 7.40. The highest BCUT2D eigenvalue weighted by Crippen LogP contribution is 2.38. The summed E-state index contributed by atoms with van der Waals surface area (Å²) in [6.07, 6.45) is -3.35. The third-order valence-electron chi connectivity index (χ3n) is 5.05. The molecular formula is C22H17BrF4N6O2. The smallest absolute Gasteiger partial charge is 0.382 e. The van der Waals surface area contributed by atoms with Crippen LogP contribution in [-0.2, 0) is 17.5 Å². The van der Waals surface area contributed by atoms with Gasteiger partial charge in [0, 0.05) is 23.9 Å². The van der Waals surface area contributed by atoms with Gasteiger partial charge in [0.1, 0.15) is 22.3 Å². The number of hydrogen-bond acceptors (Lipinski definition) is 5. The number of carbonyl (C=O) groups is 1. The van der Waals surface area contributed by atoms with Crippen molar-refractivity contribution in [3.05, 3.63) is 70.3 Å². The first-order valence-corrected chi connectivity index (χ1v) is 10.7. The maximum atomic E-state index is 13.9. The number of nitrogens with two attached hydrogens (primary N) is 1. The summed E-state index contributed by atoms with van der Waals surface area (Å²) in [5, 5.41) is 8.77. The number of rotatable bonds is 5. The highest BCUT2D eigenvalue weighted by atomic mass is 79.9. The summed E-state index contributed by atoms with van der Waals surface area (Å²) < 4.78 is 60.1. The van der Waals surface area contributed by atoms with Crippen LogP contribution in [0, 0.1) is 5.82 Å². The Labute approximate surface area is 204 Å². The number of aromatic nitrogens is 3. The monoisotopic (exact) mass is 552 g/mol. The molecule has 182 valence electrons. The van der Waals surface area contributed by atoms with Gasteiger partial charge in [0.15, 0.2) is 5.82 Å². The zero-order valence-corrected chi connectivity index (χ0v) is 19.5. The molecule has 0 bridgehead atoms. The van der Waals surface area contributed by atoms with Gasteiger partial charge < -0.3 is 21.1 Å². The van der Waals surface area contributed by atoms with Crippen molar-refractivity contribution in [2.24, 2.45) is 0 Å². The first-order chi connectivity index (χ1) is 16.6. The second-order valence-electron chi connectivity index (χ2n) is 7.33. The molecule has 0 saturated heterocycles. The molecule has 2 aromatic heterocycles. The van der Waals surface area contributed by atoms with E-state index in [1.807, 2.05) is 0 Å². The van der Waals surface area contributed by atoms with Crippen LogP contribution < -0.4 is 16.4 Å². The third-order valence-corrected chi connectivity index (χ3v) is 5.87. The normalized spacial score (nSPS) is 11.6. The van der Waals surface area contributed by atoms with Crippen molar-refractivity contribution in [1.29, 1.82) is 0 Å². The molecule has 0 fully saturated rings. The van der Waals surface area contributed by atoms with Crippen LogP contribution in [0.1, 0.15) is 11.1 Å². The van der Waals surface area contributed by atoms with Gasteiger partial charge in [0.05, 0.1) is 17.9 Å². The van der Waals surface area contributed by atoms with Crippen molar-refractivity contribution in [2.45, 2.75) is 12.8 Å². The maximum absolute atomic E-state index is 13.9. The van der Waals surface area contributed by atoms with Crippen molar-refractivity contribution in [2.75, 3.05) is 23.5 Å². The molecule has 2 aromatic carbocycles. The summed E-state index contributed by atoms with van der Waals surface area (Å²) in [5.74, 6) is -0.747. The lowest BCUT2D eigenvalue weighted by Gasteiger charge is -2.12. The number of carbonyl (C=O) groups excluding carboxylic acids is 1. The SMILES string of the molecule is COCc1c(-c2ccc(NC(=O)Nc3cc(C(F)(F)F)ccc3F)cc2)c2c(N)ncnn2c1Br. The first kappa shape index (κ1) is 24.4. The zero-order valence-electron chi connectivity index (χ0n) is 18.0. The minimum Gasteiger partial charge on any atom is -0.382 e. The van der Waals surface area contributed by atoms with Gasteiger partial charge in [-0.1, -0.05) is 12.1 Å². The molecule has 0 atom stereocenters. The van der Waals surface area contributed by atoms with E-state index in [4.69, 9.17) is 10.5 Å². The number of benzene rings is 2. The minimum absolute atomic E-state index is 0.253. The topological polar surface area (TPSA) is 107 Å². The Kier molecular flexibility index (Phi) is 6.63. The quantitative estimate of drug-likeness (QED) is 0.276. The summed E-state index contributed by atoms with van der Waals surface area (Å²) in [7, 11) is 1.55. The molecule has 0 aliphatic heterocycles. The molecule has 0 unspecified atom stereocenters. The number of hydrogen-bond donors (Lipinski definition) is 3. The Morgan fingerprint density at radius 2 is 1.89 bits per heavy atom. The predicted octanol–water partition coefficient (Wildman–Crippen LogP) is 5.69. The fourth-order valence-corrected chi connectivity index (χ4v) is 4.09. The standard InChI is InChI=1S/C22H17BrF4N6O2/c1-35-9-14-17(18-20(28)29-10-30-33(18)19(14)23)11-2-5-13(6-3-11)31-21(34)32-16-8-12(22(25,26)27)4-7-15(16)24/h2-8,10H,9H2,1H3,(H2,28,29,30)(H2,31,32,34). The van der Waals surface area contributed by atoms with Gasteiger partial charge in [-0.25, -0.2) is 18.7 Å². The van der Waals surface area contributed by atoms with Crippen molar-refractivity contribution in [3.8, 4) is 11.1 Å². The second-order valence-corrected chi connectivity index (χ2v) is 8.08. The number of methoxy groups -OCH3 is 1. The van der Waals surface area contributed by atoms with E-state index >= 15 is 0 Å². The number of fused-ring (bicyclic) bond motifs is 1. The summed E-state index contributed by atoms with van der Waals surface area (Å²) >= 11 is 3.51. The molecule has 0 aliphatic carbocycles. The van der Waals surface area contributed by atoms with E-state index in [0.29, 0.717) is 34.0 Å². The number of nitrogen functional groups attached to an aromatic ring is 1. The number of nitrogens with zero attached hydrogens (tertiary/aromatic N) is 3. The van der Waals surface area contributed by atoms with Crippen LogP contribution in [0.15, 0.2) is 53.4 Å². The van der Waals surface area contributed by atoms with E-state index in [0.717, 1.165) is 16.7 Å². The van der Waals surface area contributed by atoms with Gasteiger partial charge in [0.2, 0.25) is 0 Å². The molecular weight excluding hydrogens is 536 g/mol. The Balaban J connectivity index is 1.59. The van der Waals surface area contributed by atoms with Crippen LogP contribution in [0.2, 0.25) is 0 Å². The highest BCUT2D eigenvalue weighted by molar-refractivity contribution is 9.10. The molecule has 35 heavy (non-hydrogen) atoms. The fourth-order valence-electron chi connectivity index (χ4n) is 3.51. The minimum atomic E-state index is -4.68. The summed E-state index contributed by atoms with van der Waals surface area (Å²) in [5.41, 5.74) is 7.50. The molecule has 0 aliphatic rings. The van der Waals surface area contributed by atoms with Crippen LogP contribution in [0.5, 0.6) is 0 Å². The Bertz CT molecular complexity index is 1410. The van der Waals surface area contributed by atoms with Gasteiger partial charge in [-0.05, 0) is 51.8 Å². The van der Waals surface area contributed by atoms with Crippen molar-refractivity contribution in [3.63, 3.8) is 0 Å². The van der Waals surface area contributed by atoms with Crippen molar-refractivity contribution in [1.82, 2.24) is 14.6 Å². The van der Waals surface area contributed by atoms with Gasteiger partial charge in [-0.15, -0.1) is 0 Å². The lowest BCUT2D eigenvalue weighted by Crippen LogP contribution is -2.20. The summed E-state index contributed by atoms with van der Waals surface area (Å²) in [6.45, 7) is 0.254. The zero-order chi connectivity index (χ0) is 25.3. The average Bonchev–Trinajstić information content (AvgIpc) is 3.08. The lowest BCUT2D eigenvalue weighted by atomic mass is 10.0. The second kappa shape index (κ2) is 9.50. The van der Waals surface area contributed by atoms with Crippen LogP contribution in [0.25, 0.3) is 16.6 Å². The predicted molar refractivity (Wildman–Crippen MR) is 125 cm³/mol. The number of halogens is 5. The van der Waals surface area contributed by atoms with E-state index in [9.17, 15) is 22.4 Å². The third kappa shape index (κ3) is 4.91. The van der Waals surface area contributed by atoms with Crippen LogP contribution in [0.4, 0.5) is 39.5 Å². The molecule has 2 amide bonds. The van der Waals surface area contributed by atoms with Gasteiger partial charge >= 0.3 is 12.2 Å².